The van der Waals surface area contributed by atoms with E-state index < -0.39 is 0 Å². The molecule has 0 spiro atoms. The van der Waals surface area contributed by atoms with Crippen LogP contribution < -0.4 is 5.32 Å². The first-order valence-electron chi connectivity index (χ1n) is 3.99. The molecular weight excluding hydrogens is 170 g/mol. The highest BCUT2D eigenvalue weighted by Gasteiger charge is 2.25. The highest BCUT2D eigenvalue weighted by Crippen LogP contribution is 2.16. The zero-order valence-electron chi connectivity index (χ0n) is 6.88. The number of rotatable bonds is 2. The van der Waals surface area contributed by atoms with E-state index in [1.807, 2.05) is 0 Å². The molecule has 1 fully saturated rings. The van der Waals surface area contributed by atoms with Crippen LogP contribution in [-0.4, -0.2) is 28.9 Å². The Labute approximate surface area is 75.1 Å². The monoisotopic (exact) mass is 179 g/mol. The number of carbonyl (C=O) groups is 1. The molecule has 2 unspecified atom stereocenters. The van der Waals surface area contributed by atoms with Crippen LogP contribution in [0.2, 0.25) is 0 Å². The molecule has 13 heavy (non-hydrogen) atoms. The molecule has 0 bridgehead atoms. The molecule has 5 heteroatoms. The molecule has 1 N–H and O–H groups in total. The lowest BCUT2D eigenvalue weighted by atomic mass is 10.3. The number of nitrogens with one attached hydrogen (secondary N) is 1. The maximum atomic E-state index is 10.4. The van der Waals surface area contributed by atoms with Gasteiger partial charge in [-0.05, 0) is 6.07 Å². The van der Waals surface area contributed by atoms with E-state index in [0.29, 0.717) is 6.61 Å². The van der Waals surface area contributed by atoms with Gasteiger partial charge in [0.25, 0.3) is 0 Å². The van der Waals surface area contributed by atoms with Crippen molar-refractivity contribution in [3.05, 3.63) is 24.3 Å². The van der Waals surface area contributed by atoms with Crippen LogP contribution in [0.5, 0.6) is 0 Å². The normalized spacial score (nSPS) is 27.4. The summed E-state index contributed by atoms with van der Waals surface area (Å²) in [5.74, 6) is 0. The Morgan fingerprint density at radius 1 is 1.69 bits per heavy atom. The van der Waals surface area contributed by atoms with Crippen molar-refractivity contribution in [1.29, 1.82) is 0 Å². The molecule has 0 aromatic carbocycles. The minimum Gasteiger partial charge on any atom is -0.355 e. The number of ether oxygens (including phenoxy) is 1. The van der Waals surface area contributed by atoms with Gasteiger partial charge in [0.2, 0.25) is 0 Å². The van der Waals surface area contributed by atoms with Gasteiger partial charge < -0.3 is 9.53 Å². The van der Waals surface area contributed by atoms with Gasteiger partial charge in [0.05, 0.1) is 18.3 Å². The maximum Gasteiger partial charge on any atom is 0.152 e. The molecule has 68 valence electrons. The largest absolute Gasteiger partial charge is 0.355 e. The van der Waals surface area contributed by atoms with E-state index in [4.69, 9.17) is 4.74 Å². The minimum atomic E-state index is -0.279. The molecule has 2 atom stereocenters. The standard InChI is InChI=1S/C8H9N3O2/c12-3-6-4-13-8(11-6)7-1-2-9-5-10-7/h1-3,5-6,8,11H,4H2. The van der Waals surface area contributed by atoms with Crippen molar-refractivity contribution in [2.24, 2.45) is 0 Å². The fraction of sp³-hybridized carbons (Fsp3) is 0.375. The summed E-state index contributed by atoms with van der Waals surface area (Å²) in [5.41, 5.74) is 0.749. The minimum absolute atomic E-state index is 0.222. The zero-order chi connectivity index (χ0) is 9.10. The van der Waals surface area contributed by atoms with E-state index in [2.05, 4.69) is 15.3 Å². The molecule has 0 amide bonds. The molecule has 1 aromatic rings. The van der Waals surface area contributed by atoms with Crippen molar-refractivity contribution in [2.45, 2.75) is 12.3 Å². The van der Waals surface area contributed by atoms with Crippen molar-refractivity contribution >= 4 is 6.29 Å². The van der Waals surface area contributed by atoms with Crippen molar-refractivity contribution in [2.75, 3.05) is 6.61 Å². The van der Waals surface area contributed by atoms with Crippen LogP contribution in [0.25, 0.3) is 0 Å². The Morgan fingerprint density at radius 2 is 2.62 bits per heavy atom. The van der Waals surface area contributed by atoms with E-state index in [-0.39, 0.29) is 12.3 Å². The van der Waals surface area contributed by atoms with Crippen LogP contribution in [0.15, 0.2) is 18.6 Å². The van der Waals surface area contributed by atoms with Gasteiger partial charge in [-0.1, -0.05) is 0 Å². The summed E-state index contributed by atoms with van der Waals surface area (Å²) in [7, 11) is 0. The van der Waals surface area contributed by atoms with Crippen molar-refractivity contribution in [1.82, 2.24) is 15.3 Å². The molecular formula is C8H9N3O2. The third-order valence-electron chi connectivity index (χ3n) is 1.85. The first-order valence-corrected chi connectivity index (χ1v) is 3.99. The Hall–Kier alpha value is -1.33. The topological polar surface area (TPSA) is 64.1 Å². The quantitative estimate of drug-likeness (QED) is 0.629. The lowest BCUT2D eigenvalue weighted by Crippen LogP contribution is -2.27. The first kappa shape index (κ1) is 8.28. The van der Waals surface area contributed by atoms with E-state index in [9.17, 15) is 4.79 Å². The lowest BCUT2D eigenvalue weighted by Gasteiger charge is -2.07. The molecule has 0 saturated carbocycles. The van der Waals surface area contributed by atoms with E-state index >= 15 is 0 Å². The Kier molecular flexibility index (Phi) is 2.29. The van der Waals surface area contributed by atoms with Gasteiger partial charge in [-0.15, -0.1) is 0 Å². The Balaban J connectivity index is 2.08. The van der Waals surface area contributed by atoms with E-state index in [1.165, 1.54) is 6.33 Å². The first-order chi connectivity index (χ1) is 6.40. The predicted octanol–water partition coefficient (Wildman–Crippen LogP) is -0.338. The number of hydrogen-bond acceptors (Lipinski definition) is 5. The number of aldehydes is 1. The average molecular weight is 179 g/mol. The van der Waals surface area contributed by atoms with Gasteiger partial charge in [0.1, 0.15) is 12.6 Å². The van der Waals surface area contributed by atoms with Crippen LogP contribution in [-0.2, 0) is 9.53 Å². The number of carbonyl (C=O) groups excluding carboxylic acids is 1. The van der Waals surface area contributed by atoms with Crippen LogP contribution >= 0.6 is 0 Å². The Morgan fingerprint density at radius 3 is 3.23 bits per heavy atom. The molecule has 1 aliphatic heterocycles. The van der Waals surface area contributed by atoms with Crippen molar-refractivity contribution in [3.63, 3.8) is 0 Å². The molecule has 1 aliphatic rings. The lowest BCUT2D eigenvalue weighted by molar-refractivity contribution is -0.109. The molecule has 0 radical (unpaired) electrons. The molecule has 2 rings (SSSR count). The van der Waals surface area contributed by atoms with Gasteiger partial charge in [-0.25, -0.2) is 9.97 Å². The van der Waals surface area contributed by atoms with Crippen LogP contribution in [0.1, 0.15) is 11.9 Å². The highest BCUT2D eigenvalue weighted by atomic mass is 16.5. The fourth-order valence-corrected chi connectivity index (χ4v) is 1.20. The summed E-state index contributed by atoms with van der Waals surface area (Å²) in [5, 5.41) is 2.98. The smallest absolute Gasteiger partial charge is 0.152 e. The predicted molar refractivity (Wildman–Crippen MR) is 43.7 cm³/mol. The van der Waals surface area contributed by atoms with Crippen molar-refractivity contribution in [3.8, 4) is 0 Å². The molecule has 1 saturated heterocycles. The number of hydrogen-bond donors (Lipinski definition) is 1. The third-order valence-corrected chi connectivity index (χ3v) is 1.85. The molecule has 5 nitrogen and oxygen atoms in total. The van der Waals surface area contributed by atoms with Crippen LogP contribution in [0.3, 0.4) is 0 Å². The highest BCUT2D eigenvalue weighted by molar-refractivity contribution is 5.58. The third kappa shape index (κ3) is 1.71. The van der Waals surface area contributed by atoms with Gasteiger partial charge in [0.15, 0.2) is 6.23 Å². The summed E-state index contributed by atoms with van der Waals surface area (Å²) < 4.78 is 5.31. The Bertz CT molecular complexity index is 291. The van der Waals surface area contributed by atoms with Crippen LogP contribution in [0.4, 0.5) is 0 Å². The summed E-state index contributed by atoms with van der Waals surface area (Å²) in [6, 6.07) is 1.53. The van der Waals surface area contributed by atoms with Crippen LogP contribution in [0, 0.1) is 0 Å². The fourth-order valence-electron chi connectivity index (χ4n) is 1.20. The SMILES string of the molecule is O=CC1COC(c2ccncn2)N1. The van der Waals surface area contributed by atoms with Gasteiger partial charge in [-0.2, -0.15) is 0 Å². The van der Waals surface area contributed by atoms with Gasteiger partial charge in [0, 0.05) is 6.20 Å². The summed E-state index contributed by atoms with van der Waals surface area (Å²) in [4.78, 5) is 18.2. The molecule has 1 aromatic heterocycles. The summed E-state index contributed by atoms with van der Waals surface area (Å²) in [6.45, 7) is 0.401. The maximum absolute atomic E-state index is 10.4. The second-order valence-electron chi connectivity index (χ2n) is 2.76. The molecule has 0 aliphatic carbocycles. The van der Waals surface area contributed by atoms with E-state index in [1.54, 1.807) is 12.3 Å². The molecule has 2 heterocycles. The summed E-state index contributed by atoms with van der Waals surface area (Å²) in [6.07, 6.45) is 3.65. The van der Waals surface area contributed by atoms with Gasteiger partial charge in [-0.3, -0.25) is 5.32 Å². The number of aromatic nitrogens is 2. The number of nitrogens with zero attached hydrogens (tertiary/aromatic N) is 2. The second kappa shape index (κ2) is 3.59. The van der Waals surface area contributed by atoms with Crippen molar-refractivity contribution < 1.29 is 9.53 Å². The van der Waals surface area contributed by atoms with E-state index in [0.717, 1.165) is 12.0 Å². The van der Waals surface area contributed by atoms with Gasteiger partial charge >= 0.3 is 0 Å². The zero-order valence-corrected chi connectivity index (χ0v) is 6.88. The summed E-state index contributed by atoms with van der Waals surface area (Å²) >= 11 is 0. The second-order valence-corrected chi connectivity index (χ2v) is 2.76. The average Bonchev–Trinajstić information content (AvgIpc) is 2.67.